The van der Waals surface area contributed by atoms with Crippen molar-refractivity contribution in [2.45, 2.75) is 0 Å². The number of halogens is 2. The minimum absolute atomic E-state index is 0.273. The predicted molar refractivity (Wildman–Crippen MR) is 96.3 cm³/mol. The van der Waals surface area contributed by atoms with E-state index >= 15 is 0 Å². The molecule has 26 heavy (non-hydrogen) atoms. The number of thiazole rings is 1. The van der Waals surface area contributed by atoms with Crippen LogP contribution in [-0.2, 0) is 0 Å². The molecule has 8 heteroatoms. The van der Waals surface area contributed by atoms with E-state index < -0.39 is 23.4 Å². The Morgan fingerprint density at radius 1 is 1.04 bits per heavy atom. The molecule has 0 aliphatic rings. The molecule has 0 fully saturated rings. The van der Waals surface area contributed by atoms with Crippen LogP contribution >= 0.6 is 11.3 Å². The molecule has 2 aromatic carbocycles. The average molecular weight is 371 g/mol. The Labute approximate surface area is 150 Å². The summed E-state index contributed by atoms with van der Waals surface area (Å²) < 4.78 is 32.9. The van der Waals surface area contributed by atoms with Crippen molar-refractivity contribution in [1.29, 1.82) is 0 Å². The first-order valence-electron chi connectivity index (χ1n) is 7.56. The highest BCUT2D eigenvalue weighted by molar-refractivity contribution is 7.14. The maximum Gasteiger partial charge on any atom is 0.325 e. The van der Waals surface area contributed by atoms with E-state index in [1.54, 1.807) is 5.38 Å². The number of carbonyl (C=O) groups is 1. The van der Waals surface area contributed by atoms with Crippen molar-refractivity contribution in [1.82, 2.24) is 4.98 Å². The molecule has 0 bridgehead atoms. The number of urea groups is 1. The van der Waals surface area contributed by atoms with E-state index in [4.69, 9.17) is 4.42 Å². The zero-order chi connectivity index (χ0) is 18.1. The number of hydrogen-bond acceptors (Lipinski definition) is 4. The monoisotopic (exact) mass is 371 g/mol. The molecule has 4 aromatic rings. The smallest absolute Gasteiger partial charge is 0.325 e. The fourth-order valence-electron chi connectivity index (χ4n) is 2.41. The summed E-state index contributed by atoms with van der Waals surface area (Å²) in [4.78, 5) is 16.2. The summed E-state index contributed by atoms with van der Waals surface area (Å²) in [7, 11) is 0. The third-order valence-electron chi connectivity index (χ3n) is 3.60. The van der Waals surface area contributed by atoms with Gasteiger partial charge in [0.05, 0.1) is 0 Å². The van der Waals surface area contributed by atoms with Gasteiger partial charge in [-0.15, -0.1) is 11.3 Å². The van der Waals surface area contributed by atoms with Gasteiger partial charge in [0.2, 0.25) is 0 Å². The second-order valence-electron chi connectivity index (χ2n) is 5.36. The lowest BCUT2D eigenvalue weighted by Crippen LogP contribution is -2.20. The quantitative estimate of drug-likeness (QED) is 0.501. The minimum atomic E-state index is -0.859. The lowest BCUT2D eigenvalue weighted by Gasteiger charge is -2.07. The molecule has 2 amide bonds. The highest BCUT2D eigenvalue weighted by Crippen LogP contribution is 2.30. The predicted octanol–water partition coefficient (Wildman–Crippen LogP) is 5.48. The van der Waals surface area contributed by atoms with Crippen molar-refractivity contribution in [2.24, 2.45) is 0 Å². The Kier molecular flexibility index (Phi) is 4.10. The van der Waals surface area contributed by atoms with Crippen LogP contribution in [0.4, 0.5) is 24.4 Å². The van der Waals surface area contributed by atoms with Crippen LogP contribution in [0, 0.1) is 11.6 Å². The van der Waals surface area contributed by atoms with Gasteiger partial charge in [-0.25, -0.2) is 18.6 Å². The third kappa shape index (κ3) is 3.14. The van der Waals surface area contributed by atoms with Crippen LogP contribution in [-0.4, -0.2) is 11.0 Å². The molecule has 2 aromatic heterocycles. The Morgan fingerprint density at radius 3 is 2.58 bits per heavy atom. The van der Waals surface area contributed by atoms with Gasteiger partial charge in [-0.1, -0.05) is 24.3 Å². The largest absolute Gasteiger partial charge is 0.454 e. The van der Waals surface area contributed by atoms with Crippen molar-refractivity contribution in [2.75, 3.05) is 10.6 Å². The van der Waals surface area contributed by atoms with Crippen LogP contribution in [0.3, 0.4) is 0 Å². The van der Waals surface area contributed by atoms with Gasteiger partial charge in [0.15, 0.2) is 10.9 Å². The number of para-hydroxylation sites is 2. The molecule has 5 nitrogen and oxygen atoms in total. The number of aromatic nitrogens is 1. The van der Waals surface area contributed by atoms with Gasteiger partial charge in [-0.3, -0.25) is 5.32 Å². The van der Waals surface area contributed by atoms with Crippen molar-refractivity contribution in [3.8, 4) is 11.5 Å². The van der Waals surface area contributed by atoms with Gasteiger partial charge in [0.1, 0.15) is 28.6 Å². The topological polar surface area (TPSA) is 67.2 Å². The standard InChI is InChI=1S/C18H11F2N3O2S/c19-11-5-3-6-12(20)16(11)22-17(24)23-18-21-13(9-26-18)15-8-10-4-1-2-7-14(10)25-15/h1-9H,(H2,21,22,23,24). The van der Waals surface area contributed by atoms with Crippen LogP contribution in [0.25, 0.3) is 22.4 Å². The summed E-state index contributed by atoms with van der Waals surface area (Å²) in [6.45, 7) is 0. The number of amides is 2. The van der Waals surface area contributed by atoms with Crippen LogP contribution in [0.15, 0.2) is 58.3 Å². The Morgan fingerprint density at radius 2 is 1.81 bits per heavy atom. The number of fused-ring (bicyclic) bond motifs is 1. The number of anilines is 2. The molecule has 4 rings (SSSR count). The fraction of sp³-hybridized carbons (Fsp3) is 0. The summed E-state index contributed by atoms with van der Waals surface area (Å²) in [6.07, 6.45) is 0. The van der Waals surface area contributed by atoms with Gasteiger partial charge in [-0.2, -0.15) is 0 Å². The summed E-state index contributed by atoms with van der Waals surface area (Å²) in [5, 5.41) is 7.53. The molecule has 130 valence electrons. The summed E-state index contributed by atoms with van der Waals surface area (Å²) in [6, 6.07) is 11.9. The maximum absolute atomic E-state index is 13.6. The van der Waals surface area contributed by atoms with Crippen molar-refractivity contribution >= 4 is 39.2 Å². The average Bonchev–Trinajstić information content (AvgIpc) is 3.24. The van der Waals surface area contributed by atoms with Gasteiger partial charge in [0, 0.05) is 10.8 Å². The number of furan rings is 1. The normalized spacial score (nSPS) is 10.8. The summed E-state index contributed by atoms with van der Waals surface area (Å²) in [5.74, 6) is -1.15. The van der Waals surface area contributed by atoms with E-state index in [2.05, 4.69) is 15.6 Å². The molecule has 0 spiro atoms. The molecule has 2 N–H and O–H groups in total. The lowest BCUT2D eigenvalue weighted by atomic mass is 10.2. The molecule has 0 aliphatic heterocycles. The first kappa shape index (κ1) is 16.2. The molecular formula is C18H11F2N3O2S. The maximum atomic E-state index is 13.6. The summed E-state index contributed by atoms with van der Waals surface area (Å²) >= 11 is 1.17. The summed E-state index contributed by atoms with van der Waals surface area (Å²) in [5.41, 5.74) is 0.774. The van der Waals surface area contributed by atoms with E-state index in [0.29, 0.717) is 11.5 Å². The van der Waals surface area contributed by atoms with Gasteiger partial charge in [-0.05, 0) is 24.3 Å². The number of nitrogens with one attached hydrogen (secondary N) is 2. The molecule has 0 atom stereocenters. The van der Waals surface area contributed by atoms with Crippen LogP contribution in [0.2, 0.25) is 0 Å². The zero-order valence-corrected chi connectivity index (χ0v) is 13.9. The second-order valence-corrected chi connectivity index (χ2v) is 6.22. The van der Waals surface area contributed by atoms with Crippen molar-refractivity contribution < 1.29 is 18.0 Å². The molecule has 0 radical (unpaired) electrons. The third-order valence-corrected chi connectivity index (χ3v) is 4.36. The molecule has 0 unspecified atom stereocenters. The van der Waals surface area contributed by atoms with Gasteiger partial charge in [0.25, 0.3) is 0 Å². The molecule has 0 saturated carbocycles. The SMILES string of the molecule is O=C(Nc1nc(-c2cc3ccccc3o2)cs1)Nc1c(F)cccc1F. The van der Waals surface area contributed by atoms with Crippen molar-refractivity contribution in [3.63, 3.8) is 0 Å². The molecule has 2 heterocycles. The fourth-order valence-corrected chi connectivity index (χ4v) is 3.11. The van der Waals surface area contributed by atoms with E-state index in [9.17, 15) is 13.6 Å². The van der Waals surface area contributed by atoms with E-state index in [1.807, 2.05) is 30.3 Å². The highest BCUT2D eigenvalue weighted by Gasteiger charge is 2.14. The first-order chi connectivity index (χ1) is 12.6. The first-order valence-corrected chi connectivity index (χ1v) is 8.44. The van der Waals surface area contributed by atoms with E-state index in [1.165, 1.54) is 17.4 Å². The number of carbonyl (C=O) groups excluding carboxylic acids is 1. The Balaban J connectivity index is 1.50. The van der Waals surface area contributed by atoms with Gasteiger partial charge < -0.3 is 9.73 Å². The Hall–Kier alpha value is -3.26. The number of benzene rings is 2. The molecular weight excluding hydrogens is 360 g/mol. The number of nitrogens with zero attached hydrogens (tertiary/aromatic N) is 1. The Bertz CT molecular complexity index is 1050. The van der Waals surface area contributed by atoms with Crippen molar-refractivity contribution in [3.05, 3.63) is 65.5 Å². The lowest BCUT2D eigenvalue weighted by molar-refractivity contribution is 0.262. The van der Waals surface area contributed by atoms with E-state index in [0.717, 1.165) is 23.1 Å². The second kappa shape index (κ2) is 6.57. The van der Waals surface area contributed by atoms with Crippen LogP contribution in [0.5, 0.6) is 0 Å². The van der Waals surface area contributed by atoms with E-state index in [-0.39, 0.29) is 5.13 Å². The molecule has 0 aliphatic carbocycles. The van der Waals surface area contributed by atoms with Gasteiger partial charge >= 0.3 is 6.03 Å². The van der Waals surface area contributed by atoms with Crippen LogP contribution in [0.1, 0.15) is 0 Å². The molecule has 0 saturated heterocycles. The highest BCUT2D eigenvalue weighted by atomic mass is 32.1. The van der Waals surface area contributed by atoms with Crippen LogP contribution < -0.4 is 10.6 Å². The minimum Gasteiger partial charge on any atom is -0.454 e. The zero-order valence-electron chi connectivity index (χ0n) is 13.1. The number of hydrogen-bond donors (Lipinski definition) is 2. The number of rotatable bonds is 3.